The fourth-order valence-electron chi connectivity index (χ4n) is 4.54. The van der Waals surface area contributed by atoms with Gasteiger partial charge in [-0.2, -0.15) is 8.78 Å². The third-order valence-electron chi connectivity index (χ3n) is 6.02. The molecule has 2 unspecified atom stereocenters. The second kappa shape index (κ2) is 7.44. The first-order valence-electron chi connectivity index (χ1n) is 10.1. The van der Waals surface area contributed by atoms with Gasteiger partial charge in [0.1, 0.15) is 17.2 Å². The number of nitrogens with zero attached hydrogens (tertiary/aromatic N) is 1. The van der Waals surface area contributed by atoms with Crippen molar-refractivity contribution in [2.45, 2.75) is 75.8 Å². The molecule has 2 aliphatic heterocycles. The van der Waals surface area contributed by atoms with E-state index in [1.54, 1.807) is 18.2 Å². The zero-order valence-corrected chi connectivity index (χ0v) is 15.6. The summed E-state index contributed by atoms with van der Waals surface area (Å²) >= 11 is 0. The van der Waals surface area contributed by atoms with E-state index >= 15 is 0 Å². The largest absolute Gasteiger partial charge is 0.434 e. The molecule has 1 aliphatic carbocycles. The predicted octanol–water partition coefficient (Wildman–Crippen LogP) is 4.62. The fourth-order valence-corrected chi connectivity index (χ4v) is 4.54. The zero-order chi connectivity index (χ0) is 19.1. The van der Waals surface area contributed by atoms with E-state index in [4.69, 9.17) is 14.0 Å². The maximum atomic E-state index is 12.8. The molecule has 1 aromatic heterocycles. The van der Waals surface area contributed by atoms with Crippen molar-refractivity contribution in [2.75, 3.05) is 0 Å². The zero-order valence-electron chi connectivity index (χ0n) is 15.6. The molecule has 1 saturated carbocycles. The highest BCUT2D eigenvalue weighted by Crippen LogP contribution is 2.45. The highest BCUT2D eigenvalue weighted by molar-refractivity contribution is 5.70. The lowest BCUT2D eigenvalue weighted by Crippen LogP contribution is -2.41. The van der Waals surface area contributed by atoms with Gasteiger partial charge in [0.05, 0.1) is 12.7 Å². The molecule has 1 N–H and O–H groups in total. The van der Waals surface area contributed by atoms with Gasteiger partial charge in [-0.3, -0.25) is 0 Å². The van der Waals surface area contributed by atoms with Crippen LogP contribution in [0.5, 0.6) is 5.75 Å². The molecular weight excluding hydrogens is 366 g/mol. The molecule has 5 nitrogen and oxygen atoms in total. The first kappa shape index (κ1) is 18.1. The average molecular weight is 390 g/mol. The van der Waals surface area contributed by atoms with Gasteiger partial charge in [-0.15, -0.1) is 0 Å². The van der Waals surface area contributed by atoms with Crippen LogP contribution in [0.3, 0.4) is 0 Å². The minimum atomic E-state index is -2.89. The molecule has 3 aliphatic rings. The number of rotatable bonds is 7. The van der Waals surface area contributed by atoms with Crippen molar-refractivity contribution in [3.05, 3.63) is 35.6 Å². The Balaban J connectivity index is 1.40. The SMILES string of the molecule is FC(F)Oc1ccccc1-c1noc(C2CC2)c1COC1CC2CC[C@@H](C1)N2. The molecule has 3 heterocycles. The summed E-state index contributed by atoms with van der Waals surface area (Å²) < 4.78 is 42.3. The summed E-state index contributed by atoms with van der Waals surface area (Å²) in [6, 6.07) is 7.82. The van der Waals surface area contributed by atoms with E-state index in [0.29, 0.717) is 35.9 Å². The smallest absolute Gasteiger partial charge is 0.387 e. The molecule has 1 aromatic carbocycles. The maximum Gasteiger partial charge on any atom is 0.387 e. The third kappa shape index (κ3) is 3.65. The molecule has 150 valence electrons. The molecule has 2 aromatic rings. The van der Waals surface area contributed by atoms with Crippen LogP contribution < -0.4 is 10.1 Å². The molecule has 0 spiro atoms. The minimum Gasteiger partial charge on any atom is -0.434 e. The van der Waals surface area contributed by atoms with E-state index in [1.165, 1.54) is 18.9 Å². The number of para-hydroxylation sites is 1. The van der Waals surface area contributed by atoms with Crippen LogP contribution in [-0.2, 0) is 11.3 Å². The topological polar surface area (TPSA) is 56.5 Å². The van der Waals surface area contributed by atoms with E-state index in [0.717, 1.165) is 37.0 Å². The summed E-state index contributed by atoms with van der Waals surface area (Å²) in [4.78, 5) is 0. The average Bonchev–Trinajstić information content (AvgIpc) is 3.35. The number of hydrogen-bond acceptors (Lipinski definition) is 5. The predicted molar refractivity (Wildman–Crippen MR) is 98.3 cm³/mol. The van der Waals surface area contributed by atoms with Crippen LogP contribution in [0, 0.1) is 0 Å². The van der Waals surface area contributed by atoms with Crippen LogP contribution >= 0.6 is 0 Å². The summed E-state index contributed by atoms with van der Waals surface area (Å²) in [5, 5.41) is 7.85. The molecule has 2 bridgehead atoms. The van der Waals surface area contributed by atoms with E-state index < -0.39 is 6.61 Å². The van der Waals surface area contributed by atoms with Crippen LogP contribution in [-0.4, -0.2) is 30.0 Å². The lowest BCUT2D eigenvalue weighted by atomic mass is 10.0. The molecule has 0 radical (unpaired) electrons. The van der Waals surface area contributed by atoms with Crippen molar-refractivity contribution in [2.24, 2.45) is 0 Å². The van der Waals surface area contributed by atoms with Crippen molar-refractivity contribution in [3.8, 4) is 17.0 Å². The lowest BCUT2D eigenvalue weighted by Gasteiger charge is -2.29. The highest BCUT2D eigenvalue weighted by Gasteiger charge is 2.36. The summed E-state index contributed by atoms with van der Waals surface area (Å²) in [5.41, 5.74) is 1.94. The fraction of sp³-hybridized carbons (Fsp3) is 0.571. The number of ether oxygens (including phenoxy) is 2. The maximum absolute atomic E-state index is 12.8. The van der Waals surface area contributed by atoms with E-state index in [2.05, 4.69) is 10.5 Å². The van der Waals surface area contributed by atoms with E-state index in [-0.39, 0.29) is 11.9 Å². The Morgan fingerprint density at radius 2 is 1.86 bits per heavy atom. The Kier molecular flexibility index (Phi) is 4.80. The summed E-state index contributed by atoms with van der Waals surface area (Å²) in [6.07, 6.45) is 6.80. The third-order valence-corrected chi connectivity index (χ3v) is 6.02. The summed E-state index contributed by atoms with van der Waals surface area (Å²) in [7, 11) is 0. The van der Waals surface area contributed by atoms with Crippen LogP contribution in [0.4, 0.5) is 8.78 Å². The standard InChI is InChI=1S/C21H24F2N2O3/c22-21(23)27-18-4-2-1-3-16(18)19-17(20(28-25-19)12-5-6-12)11-26-15-9-13-7-8-14(10-15)24-13/h1-4,12-15,21,24H,5-11H2/t13-,14?,15?/m0/s1. The number of fused-ring (bicyclic) bond motifs is 2. The molecule has 28 heavy (non-hydrogen) atoms. The lowest BCUT2D eigenvalue weighted by molar-refractivity contribution is -0.0494. The van der Waals surface area contributed by atoms with Crippen molar-refractivity contribution in [1.82, 2.24) is 10.5 Å². The number of hydrogen-bond donors (Lipinski definition) is 1. The number of nitrogens with one attached hydrogen (secondary N) is 1. The van der Waals surface area contributed by atoms with Crippen molar-refractivity contribution >= 4 is 0 Å². The van der Waals surface area contributed by atoms with Gasteiger partial charge < -0.3 is 19.3 Å². The normalized spacial score (nSPS) is 26.8. The summed E-state index contributed by atoms with van der Waals surface area (Å²) in [5.74, 6) is 1.29. The Morgan fingerprint density at radius 3 is 2.57 bits per heavy atom. The number of aromatic nitrogens is 1. The van der Waals surface area contributed by atoms with Gasteiger partial charge in [-0.25, -0.2) is 0 Å². The first-order valence-corrected chi connectivity index (χ1v) is 10.1. The quantitative estimate of drug-likeness (QED) is 0.748. The molecule has 2 saturated heterocycles. The van der Waals surface area contributed by atoms with Crippen LogP contribution in [0.1, 0.15) is 55.8 Å². The molecule has 7 heteroatoms. The molecule has 3 fully saturated rings. The second-order valence-corrected chi connectivity index (χ2v) is 8.07. The monoisotopic (exact) mass is 390 g/mol. The number of halogens is 2. The van der Waals surface area contributed by atoms with Gasteiger partial charge in [0, 0.05) is 29.1 Å². The highest BCUT2D eigenvalue weighted by atomic mass is 19.3. The number of alkyl halides is 2. The van der Waals surface area contributed by atoms with Gasteiger partial charge in [-0.1, -0.05) is 17.3 Å². The Labute approximate surface area is 162 Å². The summed E-state index contributed by atoms with van der Waals surface area (Å²) in [6.45, 7) is -2.50. The molecule has 3 atom stereocenters. The van der Waals surface area contributed by atoms with Crippen molar-refractivity contribution in [1.29, 1.82) is 0 Å². The van der Waals surface area contributed by atoms with Gasteiger partial charge >= 0.3 is 6.61 Å². The second-order valence-electron chi connectivity index (χ2n) is 8.07. The number of benzene rings is 1. The molecule has 0 amide bonds. The van der Waals surface area contributed by atoms with Gasteiger partial charge in [-0.05, 0) is 50.7 Å². The van der Waals surface area contributed by atoms with E-state index in [9.17, 15) is 8.78 Å². The molecular formula is C21H24F2N2O3. The van der Waals surface area contributed by atoms with Crippen molar-refractivity contribution < 1.29 is 22.8 Å². The first-order chi connectivity index (χ1) is 13.7. The van der Waals surface area contributed by atoms with Crippen LogP contribution in [0.2, 0.25) is 0 Å². The van der Waals surface area contributed by atoms with Gasteiger partial charge in [0.15, 0.2) is 0 Å². The minimum absolute atomic E-state index is 0.106. The molecule has 5 rings (SSSR count). The van der Waals surface area contributed by atoms with Crippen molar-refractivity contribution in [3.63, 3.8) is 0 Å². The Hall–Kier alpha value is -1.99. The number of piperidine rings is 1. The Morgan fingerprint density at radius 1 is 1.11 bits per heavy atom. The van der Waals surface area contributed by atoms with Gasteiger partial charge in [0.25, 0.3) is 0 Å². The van der Waals surface area contributed by atoms with E-state index in [1.807, 2.05) is 0 Å². The Bertz CT molecular complexity index is 825. The van der Waals surface area contributed by atoms with Crippen LogP contribution in [0.15, 0.2) is 28.8 Å². The van der Waals surface area contributed by atoms with Gasteiger partial charge in [0.2, 0.25) is 0 Å². The van der Waals surface area contributed by atoms with Crippen LogP contribution in [0.25, 0.3) is 11.3 Å².